The van der Waals surface area contributed by atoms with Crippen LogP contribution in [0, 0.1) is 10.1 Å². The predicted molar refractivity (Wildman–Crippen MR) is 88.0 cm³/mol. The van der Waals surface area contributed by atoms with Gasteiger partial charge in [0.2, 0.25) is 0 Å². The van der Waals surface area contributed by atoms with Crippen LogP contribution < -0.4 is 0 Å². The number of ether oxygens (including phenoxy) is 1. The van der Waals surface area contributed by atoms with Crippen LogP contribution in [0.5, 0.6) is 0 Å². The summed E-state index contributed by atoms with van der Waals surface area (Å²) in [6.07, 6.45) is 0.0161. The van der Waals surface area contributed by atoms with Crippen molar-refractivity contribution in [2.75, 3.05) is 27.2 Å². The van der Waals surface area contributed by atoms with Crippen molar-refractivity contribution < 1.29 is 15.0 Å². The van der Waals surface area contributed by atoms with Gasteiger partial charge in [-0.1, -0.05) is 60.7 Å². The topological polar surface area (TPSA) is 75.8 Å². The molecule has 0 aromatic heterocycles. The highest BCUT2D eigenvalue weighted by Crippen LogP contribution is 2.25. The highest BCUT2D eigenvalue weighted by molar-refractivity contribution is 5.29. The molecule has 1 N–H and O–H groups in total. The number of nitrogens with zero attached hydrogens (tertiary/aromatic N) is 2. The van der Waals surface area contributed by atoms with Crippen LogP contribution in [0.4, 0.5) is 0 Å². The molecule has 0 spiro atoms. The second-order valence-electron chi connectivity index (χ2n) is 5.11. The summed E-state index contributed by atoms with van der Waals surface area (Å²) in [4.78, 5) is 10.5. The Morgan fingerprint density at radius 3 is 1.78 bits per heavy atom. The lowest BCUT2D eigenvalue weighted by Crippen LogP contribution is -2.20. The highest BCUT2D eigenvalue weighted by atomic mass is 16.9. The molecule has 0 radical (unpaired) electrons. The van der Waals surface area contributed by atoms with Gasteiger partial charge in [-0.3, -0.25) is 0 Å². The van der Waals surface area contributed by atoms with E-state index in [4.69, 9.17) is 20.1 Å². The van der Waals surface area contributed by atoms with E-state index in [1.807, 2.05) is 12.1 Å². The summed E-state index contributed by atoms with van der Waals surface area (Å²) in [5, 5.41) is 13.6. The van der Waals surface area contributed by atoms with Gasteiger partial charge in [0.05, 0.1) is 6.61 Å². The van der Waals surface area contributed by atoms with E-state index in [1.165, 1.54) is 11.1 Å². The standard InChI is InChI=1S/C17H21NO.HNO3/c1-18(2)13-14-19-17(15-9-5-3-6-10-15)16-11-7-4-8-12-16;2-1(3)4/h3-12,17H,13-14H2,1-2H3;(H,2,3,4). The molecule has 0 amide bonds. The van der Waals surface area contributed by atoms with Crippen LogP contribution in [0.25, 0.3) is 0 Å². The minimum Gasteiger partial charge on any atom is -0.367 e. The molecule has 0 unspecified atom stereocenters. The minimum atomic E-state index is -1.50. The summed E-state index contributed by atoms with van der Waals surface area (Å²) < 4.78 is 6.08. The van der Waals surface area contributed by atoms with Crippen molar-refractivity contribution >= 4 is 0 Å². The van der Waals surface area contributed by atoms with Crippen molar-refractivity contribution in [1.29, 1.82) is 0 Å². The predicted octanol–water partition coefficient (Wildman–Crippen LogP) is 3.01. The summed E-state index contributed by atoms with van der Waals surface area (Å²) in [5.74, 6) is 0. The monoisotopic (exact) mass is 318 g/mol. The highest BCUT2D eigenvalue weighted by Gasteiger charge is 2.13. The number of likely N-dealkylation sites (N-methyl/N-ethyl adjacent to an activating group) is 1. The number of rotatable bonds is 6. The Balaban J connectivity index is 0.000000593. The smallest absolute Gasteiger partial charge is 0.291 e. The molecule has 6 heteroatoms. The van der Waals surface area contributed by atoms with E-state index in [0.717, 1.165) is 13.2 Å². The van der Waals surface area contributed by atoms with Gasteiger partial charge in [-0.15, -0.1) is 10.1 Å². The molecule has 0 saturated carbocycles. The molecule has 2 aromatic carbocycles. The van der Waals surface area contributed by atoms with Gasteiger partial charge in [0.25, 0.3) is 5.09 Å². The first-order valence-corrected chi connectivity index (χ1v) is 7.20. The first-order valence-electron chi connectivity index (χ1n) is 7.20. The molecular formula is C17H22N2O4. The fourth-order valence-corrected chi connectivity index (χ4v) is 1.99. The Bertz CT molecular complexity index is 518. The zero-order valence-corrected chi connectivity index (χ0v) is 13.3. The minimum absolute atomic E-state index is 0.0161. The molecule has 23 heavy (non-hydrogen) atoms. The summed E-state index contributed by atoms with van der Waals surface area (Å²) in [6.45, 7) is 1.65. The molecule has 6 nitrogen and oxygen atoms in total. The van der Waals surface area contributed by atoms with Crippen molar-refractivity contribution in [3.05, 3.63) is 81.9 Å². The molecule has 0 saturated heterocycles. The summed E-state index contributed by atoms with van der Waals surface area (Å²) in [7, 11) is 4.12. The van der Waals surface area contributed by atoms with E-state index in [0.29, 0.717) is 0 Å². The second-order valence-corrected chi connectivity index (χ2v) is 5.11. The van der Waals surface area contributed by atoms with Crippen LogP contribution >= 0.6 is 0 Å². The average Bonchev–Trinajstić information content (AvgIpc) is 2.52. The summed E-state index contributed by atoms with van der Waals surface area (Å²) in [5.41, 5.74) is 2.40. The van der Waals surface area contributed by atoms with Crippen molar-refractivity contribution in [3.63, 3.8) is 0 Å². The Morgan fingerprint density at radius 2 is 1.43 bits per heavy atom. The average molecular weight is 318 g/mol. The van der Waals surface area contributed by atoms with Crippen molar-refractivity contribution in [1.82, 2.24) is 4.90 Å². The molecular weight excluding hydrogens is 296 g/mol. The molecule has 0 aliphatic heterocycles. The summed E-state index contributed by atoms with van der Waals surface area (Å²) in [6, 6.07) is 20.8. The van der Waals surface area contributed by atoms with Crippen LogP contribution in [0.2, 0.25) is 0 Å². The lowest BCUT2D eigenvalue weighted by molar-refractivity contribution is -0.742. The third-order valence-electron chi connectivity index (χ3n) is 3.03. The Labute approximate surface area is 136 Å². The molecule has 0 bridgehead atoms. The normalized spacial score (nSPS) is 10.3. The molecule has 0 atom stereocenters. The lowest BCUT2D eigenvalue weighted by Gasteiger charge is -2.20. The van der Waals surface area contributed by atoms with Crippen molar-refractivity contribution in [2.45, 2.75) is 6.10 Å². The molecule has 2 rings (SSSR count). The van der Waals surface area contributed by atoms with Gasteiger partial charge in [0.1, 0.15) is 6.10 Å². The van der Waals surface area contributed by atoms with E-state index >= 15 is 0 Å². The van der Waals surface area contributed by atoms with Gasteiger partial charge in [0, 0.05) is 6.54 Å². The number of hydrogen-bond donors (Lipinski definition) is 1. The quantitative estimate of drug-likeness (QED) is 0.654. The van der Waals surface area contributed by atoms with E-state index in [-0.39, 0.29) is 6.10 Å². The van der Waals surface area contributed by atoms with Crippen LogP contribution in [-0.2, 0) is 4.74 Å². The maximum Gasteiger partial charge on any atom is 0.291 e. The van der Waals surface area contributed by atoms with E-state index in [9.17, 15) is 0 Å². The van der Waals surface area contributed by atoms with Gasteiger partial charge in [0.15, 0.2) is 0 Å². The first-order chi connectivity index (χ1) is 11.0. The first kappa shape index (κ1) is 18.6. The van der Waals surface area contributed by atoms with Crippen molar-refractivity contribution in [2.24, 2.45) is 0 Å². The van der Waals surface area contributed by atoms with Crippen LogP contribution in [-0.4, -0.2) is 42.4 Å². The fraction of sp³-hybridized carbons (Fsp3) is 0.294. The maximum atomic E-state index is 8.36. The SMILES string of the molecule is CN(C)CCOC(c1ccccc1)c1ccccc1.O=[N+]([O-])O. The molecule has 124 valence electrons. The van der Waals surface area contributed by atoms with Crippen LogP contribution in [0.3, 0.4) is 0 Å². The lowest BCUT2D eigenvalue weighted by atomic mass is 10.0. The second kappa shape index (κ2) is 10.3. The van der Waals surface area contributed by atoms with Gasteiger partial charge < -0.3 is 14.8 Å². The molecule has 0 heterocycles. The van der Waals surface area contributed by atoms with E-state index in [2.05, 4.69) is 67.5 Å². The Kier molecular flexibility index (Phi) is 8.34. The fourth-order valence-electron chi connectivity index (χ4n) is 1.99. The number of benzene rings is 2. The van der Waals surface area contributed by atoms with Crippen molar-refractivity contribution in [3.8, 4) is 0 Å². The number of hydrogen-bond acceptors (Lipinski definition) is 4. The van der Waals surface area contributed by atoms with Crippen LogP contribution in [0.1, 0.15) is 17.2 Å². The van der Waals surface area contributed by atoms with E-state index < -0.39 is 5.09 Å². The van der Waals surface area contributed by atoms with Gasteiger partial charge in [-0.25, -0.2) is 0 Å². The van der Waals surface area contributed by atoms with Crippen LogP contribution in [0.15, 0.2) is 60.7 Å². The summed E-state index contributed by atoms with van der Waals surface area (Å²) >= 11 is 0. The van der Waals surface area contributed by atoms with Gasteiger partial charge in [-0.05, 0) is 25.2 Å². The third kappa shape index (κ3) is 7.94. The largest absolute Gasteiger partial charge is 0.367 e. The molecule has 0 aliphatic carbocycles. The molecule has 0 aliphatic rings. The van der Waals surface area contributed by atoms with Gasteiger partial charge in [-0.2, -0.15) is 0 Å². The van der Waals surface area contributed by atoms with E-state index in [1.54, 1.807) is 0 Å². The van der Waals surface area contributed by atoms with Gasteiger partial charge >= 0.3 is 0 Å². The third-order valence-corrected chi connectivity index (χ3v) is 3.03. The Hall–Kier alpha value is -2.44. The zero-order valence-electron chi connectivity index (χ0n) is 13.3. The molecule has 0 fully saturated rings. The Morgan fingerprint density at radius 1 is 1.04 bits per heavy atom. The molecule has 2 aromatic rings. The zero-order chi connectivity index (χ0) is 17.1. The maximum absolute atomic E-state index is 8.36.